The van der Waals surface area contributed by atoms with Crippen molar-refractivity contribution >= 4 is 39.2 Å². The number of fused-ring (bicyclic) bond motifs is 2. The van der Waals surface area contributed by atoms with E-state index in [-0.39, 0.29) is 11.9 Å². The number of hydrogen-bond acceptors (Lipinski definition) is 4. The lowest BCUT2D eigenvalue weighted by Crippen LogP contribution is -2.38. The maximum atomic E-state index is 11.8. The number of imidazole rings is 1. The predicted molar refractivity (Wildman–Crippen MR) is 149 cm³/mol. The third-order valence-corrected chi connectivity index (χ3v) is 7.54. The van der Waals surface area contributed by atoms with E-state index in [1.54, 1.807) is 12.1 Å². The van der Waals surface area contributed by atoms with Crippen molar-refractivity contribution in [2.45, 2.75) is 32.4 Å². The molecule has 1 saturated heterocycles. The molecule has 5 aromatic rings. The molecule has 38 heavy (non-hydrogen) atoms. The number of nitriles is 1. The number of nitrogens with zero attached hydrogens (tertiary/aromatic N) is 4. The number of carbonyl (C=O) groups is 1. The van der Waals surface area contributed by atoms with Gasteiger partial charge in [0.15, 0.2) is 0 Å². The second-order valence-electron chi connectivity index (χ2n) is 9.87. The van der Waals surface area contributed by atoms with Gasteiger partial charge in [0.2, 0.25) is 11.5 Å². The standard InChI is InChI=1S/C30H29N7O/c1-20(38)34-26-10-9-21(18-31)17-29(26)35-15-12-23(13-16-35)37-28-8-3-2-7-27(28)36(30(37)32)19-22-5-4-6-25-24(22)11-14-33-25/h2-11,14,17,23,32-33H,12-13,15-16,19H2,1H3,(H,34,38). The van der Waals surface area contributed by atoms with Crippen molar-refractivity contribution in [1.82, 2.24) is 14.1 Å². The number of amides is 1. The minimum absolute atomic E-state index is 0.136. The number of carbonyl (C=O) groups excluding carboxylic acids is 1. The highest BCUT2D eigenvalue weighted by Crippen LogP contribution is 2.33. The molecule has 190 valence electrons. The normalized spacial score (nSPS) is 14.2. The minimum Gasteiger partial charge on any atom is -0.370 e. The third-order valence-electron chi connectivity index (χ3n) is 7.54. The SMILES string of the molecule is CC(=O)Nc1ccc(C#N)cc1N1CCC(n2c(=N)n(Cc3cccc4[nH]ccc34)c3ccccc32)CC1. The zero-order valence-electron chi connectivity index (χ0n) is 21.2. The van der Waals surface area contributed by atoms with Crippen LogP contribution < -0.4 is 15.8 Å². The first-order valence-electron chi connectivity index (χ1n) is 12.9. The number of para-hydroxylation sites is 2. The van der Waals surface area contributed by atoms with Crippen molar-refractivity contribution in [3.8, 4) is 6.07 Å². The molecule has 0 spiro atoms. The van der Waals surface area contributed by atoms with Crippen LogP contribution in [0.5, 0.6) is 0 Å². The van der Waals surface area contributed by atoms with Crippen molar-refractivity contribution < 1.29 is 4.79 Å². The van der Waals surface area contributed by atoms with Gasteiger partial charge in [0, 0.05) is 43.2 Å². The van der Waals surface area contributed by atoms with Gasteiger partial charge >= 0.3 is 0 Å². The Labute approximate surface area is 220 Å². The van der Waals surface area contributed by atoms with Crippen LogP contribution >= 0.6 is 0 Å². The highest BCUT2D eigenvalue weighted by atomic mass is 16.1. The van der Waals surface area contributed by atoms with Crippen LogP contribution in [0.15, 0.2) is 72.9 Å². The topological polar surface area (TPSA) is 106 Å². The summed E-state index contributed by atoms with van der Waals surface area (Å²) in [7, 11) is 0. The molecule has 0 saturated carbocycles. The highest BCUT2D eigenvalue weighted by molar-refractivity contribution is 5.93. The van der Waals surface area contributed by atoms with E-state index in [1.807, 2.05) is 24.4 Å². The fourth-order valence-electron chi connectivity index (χ4n) is 5.77. The van der Waals surface area contributed by atoms with Crippen LogP contribution in [0, 0.1) is 16.7 Å². The molecule has 2 aromatic heterocycles. The van der Waals surface area contributed by atoms with E-state index in [1.165, 1.54) is 17.9 Å². The van der Waals surface area contributed by atoms with Crippen molar-refractivity contribution in [1.29, 1.82) is 10.7 Å². The molecule has 1 aliphatic rings. The molecule has 8 heteroatoms. The molecule has 0 unspecified atom stereocenters. The zero-order valence-corrected chi connectivity index (χ0v) is 21.2. The monoisotopic (exact) mass is 503 g/mol. The maximum Gasteiger partial charge on any atom is 0.221 e. The van der Waals surface area contributed by atoms with Crippen LogP contribution in [0.25, 0.3) is 21.9 Å². The number of benzene rings is 3. The van der Waals surface area contributed by atoms with Gasteiger partial charge in [-0.1, -0.05) is 24.3 Å². The van der Waals surface area contributed by atoms with E-state index in [9.17, 15) is 15.5 Å². The summed E-state index contributed by atoms with van der Waals surface area (Å²) in [6, 6.07) is 24.4. The van der Waals surface area contributed by atoms with Crippen molar-refractivity contribution in [2.24, 2.45) is 0 Å². The molecular weight excluding hydrogens is 474 g/mol. The molecule has 1 amide bonds. The number of piperidine rings is 1. The number of nitrogens with one attached hydrogen (secondary N) is 3. The van der Waals surface area contributed by atoms with Gasteiger partial charge in [0.25, 0.3) is 0 Å². The van der Waals surface area contributed by atoms with Gasteiger partial charge in [-0.25, -0.2) is 0 Å². The molecule has 1 fully saturated rings. The molecule has 8 nitrogen and oxygen atoms in total. The molecule has 0 bridgehead atoms. The van der Waals surface area contributed by atoms with E-state index in [0.29, 0.717) is 17.7 Å². The number of aromatic nitrogens is 3. The number of H-pyrrole nitrogens is 1. The molecular formula is C30H29N7O. The maximum absolute atomic E-state index is 11.8. The Kier molecular flexibility index (Phi) is 5.97. The van der Waals surface area contributed by atoms with E-state index in [0.717, 1.165) is 53.9 Å². The summed E-state index contributed by atoms with van der Waals surface area (Å²) in [6.45, 7) is 3.65. The summed E-state index contributed by atoms with van der Waals surface area (Å²) in [5.41, 5.74) is 7.08. The van der Waals surface area contributed by atoms with Crippen molar-refractivity contribution in [3.05, 3.63) is 89.7 Å². The van der Waals surface area contributed by atoms with E-state index < -0.39 is 0 Å². The number of aromatic amines is 1. The van der Waals surface area contributed by atoms with E-state index in [4.69, 9.17) is 0 Å². The van der Waals surface area contributed by atoms with Gasteiger partial charge in [-0.2, -0.15) is 5.26 Å². The largest absolute Gasteiger partial charge is 0.370 e. The molecule has 3 heterocycles. The quantitative estimate of drug-likeness (QED) is 0.310. The van der Waals surface area contributed by atoms with E-state index >= 15 is 0 Å². The van der Waals surface area contributed by atoms with Crippen LogP contribution in [-0.4, -0.2) is 33.1 Å². The molecule has 3 N–H and O–H groups in total. The smallest absolute Gasteiger partial charge is 0.221 e. The summed E-state index contributed by atoms with van der Waals surface area (Å²) < 4.78 is 4.29. The predicted octanol–water partition coefficient (Wildman–Crippen LogP) is 5.12. The zero-order chi connectivity index (χ0) is 26.2. The Morgan fingerprint density at radius 2 is 1.87 bits per heavy atom. The van der Waals surface area contributed by atoms with Crippen LogP contribution in [0.3, 0.4) is 0 Å². The van der Waals surface area contributed by atoms with Gasteiger partial charge < -0.3 is 24.3 Å². The minimum atomic E-state index is -0.136. The summed E-state index contributed by atoms with van der Waals surface area (Å²) >= 11 is 0. The highest BCUT2D eigenvalue weighted by Gasteiger charge is 2.26. The Balaban J connectivity index is 1.31. The first-order valence-corrected chi connectivity index (χ1v) is 12.9. The Hall–Kier alpha value is -4.77. The number of hydrogen-bond donors (Lipinski definition) is 3. The molecule has 0 radical (unpaired) electrons. The Morgan fingerprint density at radius 1 is 1.08 bits per heavy atom. The fraction of sp³-hybridized carbons (Fsp3) is 0.233. The van der Waals surface area contributed by atoms with Gasteiger partial charge in [-0.05, 0) is 60.9 Å². The molecule has 0 aliphatic carbocycles. The molecule has 0 atom stereocenters. The van der Waals surface area contributed by atoms with Crippen molar-refractivity contribution in [3.63, 3.8) is 0 Å². The summed E-state index contributed by atoms with van der Waals surface area (Å²) in [6.07, 6.45) is 3.67. The second-order valence-corrected chi connectivity index (χ2v) is 9.87. The summed E-state index contributed by atoms with van der Waals surface area (Å²) in [5, 5.41) is 22.7. The van der Waals surface area contributed by atoms with Crippen molar-refractivity contribution in [2.75, 3.05) is 23.3 Å². The average Bonchev–Trinajstić information content (AvgIpc) is 3.52. The van der Waals surface area contributed by atoms with Crippen LogP contribution in [0.4, 0.5) is 11.4 Å². The van der Waals surface area contributed by atoms with Crippen LogP contribution in [-0.2, 0) is 11.3 Å². The summed E-state index contributed by atoms with van der Waals surface area (Å²) in [4.78, 5) is 17.3. The van der Waals surface area contributed by atoms with E-state index in [2.05, 4.69) is 66.8 Å². The van der Waals surface area contributed by atoms with Crippen LogP contribution in [0.1, 0.15) is 36.9 Å². The van der Waals surface area contributed by atoms with Gasteiger partial charge in [-0.15, -0.1) is 0 Å². The molecule has 1 aliphatic heterocycles. The van der Waals surface area contributed by atoms with Gasteiger partial charge in [0.05, 0.1) is 40.6 Å². The number of anilines is 2. The molecule has 6 rings (SSSR count). The first-order chi connectivity index (χ1) is 18.5. The van der Waals surface area contributed by atoms with Gasteiger partial charge in [0.1, 0.15) is 0 Å². The Morgan fingerprint density at radius 3 is 2.63 bits per heavy atom. The lowest BCUT2D eigenvalue weighted by Gasteiger charge is -2.35. The lowest BCUT2D eigenvalue weighted by molar-refractivity contribution is -0.114. The average molecular weight is 504 g/mol. The third kappa shape index (κ3) is 4.12. The fourth-order valence-corrected chi connectivity index (χ4v) is 5.77. The van der Waals surface area contributed by atoms with Gasteiger partial charge in [-0.3, -0.25) is 10.2 Å². The Bertz CT molecular complexity index is 1760. The second kappa shape index (κ2) is 9.60. The first kappa shape index (κ1) is 23.6. The number of rotatable bonds is 5. The van der Waals surface area contributed by atoms with Crippen LogP contribution in [0.2, 0.25) is 0 Å². The molecule has 3 aromatic carbocycles. The lowest BCUT2D eigenvalue weighted by atomic mass is 10.0. The summed E-state index contributed by atoms with van der Waals surface area (Å²) in [5.74, 6) is -0.136.